The van der Waals surface area contributed by atoms with E-state index in [0.29, 0.717) is 0 Å². The van der Waals surface area contributed by atoms with E-state index in [4.69, 9.17) is 0 Å². The maximum Gasteiger partial charge on any atom is 0.251 e. The van der Waals surface area contributed by atoms with Crippen molar-refractivity contribution in [3.05, 3.63) is 63.9 Å². The van der Waals surface area contributed by atoms with E-state index in [9.17, 15) is 4.79 Å². The van der Waals surface area contributed by atoms with Gasteiger partial charge in [0.15, 0.2) is 0 Å². The van der Waals surface area contributed by atoms with Gasteiger partial charge in [0.1, 0.15) is 0 Å². The number of nitrogens with zero attached hydrogens (tertiary/aromatic N) is 4. The maximum atomic E-state index is 12.1. The number of H-pyrrole nitrogens is 1. The van der Waals surface area contributed by atoms with Crippen molar-refractivity contribution in [3.8, 4) is 0 Å². The number of aromatic nitrogens is 2. The van der Waals surface area contributed by atoms with E-state index in [1.807, 2.05) is 19.2 Å². The van der Waals surface area contributed by atoms with Crippen molar-refractivity contribution in [2.45, 2.75) is 32.7 Å². The molecule has 0 unspecified atom stereocenters. The van der Waals surface area contributed by atoms with Crippen LogP contribution in [0.1, 0.15) is 30.9 Å². The third-order valence-corrected chi connectivity index (χ3v) is 6.48. The Balaban J connectivity index is 1.20. The number of hydrogen-bond acceptors (Lipinski definition) is 5. The number of nitrogens with one attached hydrogen (secondary N) is 1. The number of rotatable bonds is 6. The van der Waals surface area contributed by atoms with E-state index in [1.165, 1.54) is 25.1 Å². The quantitative estimate of drug-likeness (QED) is 0.801. The molecule has 0 aromatic carbocycles. The number of aryl methyl sites for hydroxylation is 1. The van der Waals surface area contributed by atoms with Crippen LogP contribution in [0.2, 0.25) is 0 Å². The molecule has 30 heavy (non-hydrogen) atoms. The first kappa shape index (κ1) is 19.4. The lowest BCUT2D eigenvalue weighted by molar-refractivity contribution is 0.153. The summed E-state index contributed by atoms with van der Waals surface area (Å²) in [6, 6.07) is 3.99. The Bertz CT molecular complexity index is 1030. The minimum atomic E-state index is 0.00195. The highest BCUT2D eigenvalue weighted by molar-refractivity contribution is 5.74. The normalized spacial score (nSPS) is 20.1. The van der Waals surface area contributed by atoms with Crippen LogP contribution in [0.4, 0.5) is 0 Å². The summed E-state index contributed by atoms with van der Waals surface area (Å²) in [6.45, 7) is 9.30. The molecule has 1 N–H and O–H groups in total. The standard InChI is InChI=1S/C24H31N5O/c1-2-20-13-22-23(26-24(20)30)12-19(14-25-22)16-27-8-10-29(11-9-27)21-4-3-7-28(17-21)15-18-5-6-18/h3-4,12-14,17-18H,2,5-11,15-16H2,1H3,(H,26,30). The summed E-state index contributed by atoms with van der Waals surface area (Å²) in [4.78, 5) is 27.2. The van der Waals surface area contributed by atoms with Crippen LogP contribution in [-0.4, -0.2) is 63.9 Å². The molecule has 2 aromatic rings. The number of hydrogen-bond donors (Lipinski definition) is 1. The van der Waals surface area contributed by atoms with E-state index < -0.39 is 0 Å². The summed E-state index contributed by atoms with van der Waals surface area (Å²) < 4.78 is 0. The summed E-state index contributed by atoms with van der Waals surface area (Å²) in [6.07, 6.45) is 12.4. The molecule has 1 saturated heterocycles. The van der Waals surface area contributed by atoms with Gasteiger partial charge in [0, 0.05) is 63.8 Å². The average molecular weight is 406 g/mol. The lowest BCUT2D eigenvalue weighted by Crippen LogP contribution is -2.45. The first-order valence-electron chi connectivity index (χ1n) is 11.3. The molecule has 6 nitrogen and oxygen atoms in total. The topological polar surface area (TPSA) is 55.5 Å². The SMILES string of the molecule is CCc1cc2ncc(CN3CCN(C4=CN(CC5CC5)CC=C4)CC3)cc2[nH]c1=O. The second kappa shape index (κ2) is 8.26. The van der Waals surface area contributed by atoms with Crippen LogP contribution < -0.4 is 5.56 Å². The highest BCUT2D eigenvalue weighted by Gasteiger charge is 2.25. The molecular weight excluding hydrogens is 374 g/mol. The Kier molecular flexibility index (Phi) is 5.34. The van der Waals surface area contributed by atoms with Crippen molar-refractivity contribution in [2.75, 3.05) is 39.3 Å². The highest BCUT2D eigenvalue weighted by Crippen LogP contribution is 2.30. The van der Waals surface area contributed by atoms with E-state index in [0.717, 1.165) is 73.8 Å². The van der Waals surface area contributed by atoms with Crippen LogP contribution in [0, 0.1) is 5.92 Å². The molecule has 5 rings (SSSR count). The van der Waals surface area contributed by atoms with Crippen LogP contribution in [-0.2, 0) is 13.0 Å². The van der Waals surface area contributed by atoms with Gasteiger partial charge in [0.05, 0.1) is 16.7 Å². The number of piperazine rings is 1. The van der Waals surface area contributed by atoms with Crippen molar-refractivity contribution in [1.82, 2.24) is 24.7 Å². The minimum absolute atomic E-state index is 0.00195. The summed E-state index contributed by atoms with van der Waals surface area (Å²) in [5, 5.41) is 0. The third-order valence-electron chi connectivity index (χ3n) is 6.48. The van der Waals surface area contributed by atoms with Gasteiger partial charge in [-0.05, 0) is 49.0 Å². The number of aromatic amines is 1. The largest absolute Gasteiger partial charge is 0.372 e. The van der Waals surface area contributed by atoms with E-state index in [-0.39, 0.29) is 5.56 Å². The third kappa shape index (κ3) is 4.29. The zero-order chi connectivity index (χ0) is 20.5. The van der Waals surface area contributed by atoms with Gasteiger partial charge in [-0.3, -0.25) is 14.7 Å². The van der Waals surface area contributed by atoms with Crippen LogP contribution in [0.5, 0.6) is 0 Å². The van der Waals surface area contributed by atoms with Crippen molar-refractivity contribution in [3.63, 3.8) is 0 Å². The molecule has 3 aliphatic rings. The van der Waals surface area contributed by atoms with Gasteiger partial charge < -0.3 is 14.8 Å². The van der Waals surface area contributed by atoms with E-state index in [2.05, 4.69) is 49.1 Å². The van der Waals surface area contributed by atoms with Gasteiger partial charge >= 0.3 is 0 Å². The molecular formula is C24H31N5O. The van der Waals surface area contributed by atoms with Crippen LogP contribution in [0.15, 0.2) is 47.2 Å². The molecule has 0 amide bonds. The molecule has 0 bridgehead atoms. The fourth-order valence-corrected chi connectivity index (χ4v) is 4.48. The summed E-state index contributed by atoms with van der Waals surface area (Å²) in [5.41, 5.74) is 5.01. The second-order valence-electron chi connectivity index (χ2n) is 8.87. The smallest absolute Gasteiger partial charge is 0.251 e. The molecule has 1 aliphatic carbocycles. The van der Waals surface area contributed by atoms with Crippen molar-refractivity contribution >= 4 is 11.0 Å². The monoisotopic (exact) mass is 405 g/mol. The van der Waals surface area contributed by atoms with Gasteiger partial charge in [-0.25, -0.2) is 0 Å². The molecule has 2 aliphatic heterocycles. The molecule has 158 valence electrons. The van der Waals surface area contributed by atoms with Gasteiger partial charge in [-0.15, -0.1) is 0 Å². The zero-order valence-corrected chi connectivity index (χ0v) is 17.8. The van der Waals surface area contributed by atoms with E-state index >= 15 is 0 Å². The second-order valence-corrected chi connectivity index (χ2v) is 8.87. The maximum absolute atomic E-state index is 12.1. The van der Waals surface area contributed by atoms with Crippen LogP contribution in [0.25, 0.3) is 11.0 Å². The van der Waals surface area contributed by atoms with Crippen molar-refractivity contribution < 1.29 is 0 Å². The first-order chi connectivity index (χ1) is 14.7. The number of pyridine rings is 2. The average Bonchev–Trinajstić information content (AvgIpc) is 3.58. The lowest BCUT2D eigenvalue weighted by atomic mass is 10.1. The Morgan fingerprint density at radius 1 is 1.17 bits per heavy atom. The summed E-state index contributed by atoms with van der Waals surface area (Å²) in [5.74, 6) is 0.921. The van der Waals surface area contributed by atoms with Crippen molar-refractivity contribution in [1.29, 1.82) is 0 Å². The van der Waals surface area contributed by atoms with Crippen LogP contribution >= 0.6 is 0 Å². The predicted molar refractivity (Wildman–Crippen MR) is 120 cm³/mol. The molecule has 2 fully saturated rings. The zero-order valence-electron chi connectivity index (χ0n) is 17.8. The van der Waals surface area contributed by atoms with Gasteiger partial charge in [0.25, 0.3) is 5.56 Å². The molecule has 2 aromatic heterocycles. The fraction of sp³-hybridized carbons (Fsp3) is 0.500. The Labute approximate surface area is 177 Å². The van der Waals surface area contributed by atoms with E-state index in [1.54, 1.807) is 0 Å². The molecule has 0 atom stereocenters. The van der Waals surface area contributed by atoms with Gasteiger partial charge in [0.2, 0.25) is 0 Å². The number of fused-ring (bicyclic) bond motifs is 1. The highest BCUT2D eigenvalue weighted by atomic mass is 16.1. The molecule has 4 heterocycles. The molecule has 0 radical (unpaired) electrons. The summed E-state index contributed by atoms with van der Waals surface area (Å²) in [7, 11) is 0. The predicted octanol–water partition coefficient (Wildman–Crippen LogP) is 2.73. The van der Waals surface area contributed by atoms with Gasteiger partial charge in [-0.1, -0.05) is 13.0 Å². The Morgan fingerprint density at radius 2 is 2.00 bits per heavy atom. The summed E-state index contributed by atoms with van der Waals surface area (Å²) >= 11 is 0. The number of allylic oxidation sites excluding steroid dienone is 1. The molecule has 0 spiro atoms. The fourth-order valence-electron chi connectivity index (χ4n) is 4.48. The Hall–Kier alpha value is -2.60. The lowest BCUT2D eigenvalue weighted by Gasteiger charge is -2.38. The van der Waals surface area contributed by atoms with Gasteiger partial charge in [-0.2, -0.15) is 0 Å². The Morgan fingerprint density at radius 3 is 2.77 bits per heavy atom. The first-order valence-corrected chi connectivity index (χ1v) is 11.3. The molecule has 6 heteroatoms. The van der Waals surface area contributed by atoms with Crippen molar-refractivity contribution in [2.24, 2.45) is 5.92 Å². The minimum Gasteiger partial charge on any atom is -0.372 e. The molecule has 1 saturated carbocycles. The van der Waals surface area contributed by atoms with Crippen LogP contribution in [0.3, 0.4) is 0 Å².